The smallest absolute Gasteiger partial charge is 0.303 e. The molecule has 0 aromatic carbocycles. The SMILES string of the molecule is CC(C)(C)N.CC(C)CCCCC(=O)O. The van der Waals surface area contributed by atoms with E-state index in [9.17, 15) is 4.79 Å². The zero-order valence-electron chi connectivity index (χ0n) is 10.8. The predicted octanol–water partition coefficient (Wildman–Crippen LogP) is 3.03. The lowest BCUT2D eigenvalue weighted by atomic mass is 10.1. The molecule has 0 aromatic heterocycles. The van der Waals surface area contributed by atoms with Gasteiger partial charge in [0.1, 0.15) is 0 Å². The van der Waals surface area contributed by atoms with Gasteiger partial charge in [-0.1, -0.05) is 26.7 Å². The number of rotatable bonds is 5. The van der Waals surface area contributed by atoms with Gasteiger partial charge in [0.25, 0.3) is 0 Å². The summed E-state index contributed by atoms with van der Waals surface area (Å²) in [4.78, 5) is 10.0. The summed E-state index contributed by atoms with van der Waals surface area (Å²) in [5.41, 5.74) is 5.35. The molecule has 0 aliphatic carbocycles. The number of hydrogen-bond donors (Lipinski definition) is 2. The number of aliphatic carboxylic acids is 1. The van der Waals surface area contributed by atoms with Crippen molar-refractivity contribution >= 4 is 5.97 Å². The molecular formula is C12H27NO2. The maximum absolute atomic E-state index is 10.0. The molecule has 0 aromatic rings. The molecule has 15 heavy (non-hydrogen) atoms. The van der Waals surface area contributed by atoms with Crippen molar-refractivity contribution in [1.82, 2.24) is 0 Å². The zero-order valence-corrected chi connectivity index (χ0v) is 10.8. The number of carboxylic acid groups (broad SMARTS) is 1. The highest BCUT2D eigenvalue weighted by molar-refractivity contribution is 5.66. The third kappa shape index (κ3) is 42.4. The average molecular weight is 217 g/mol. The molecular weight excluding hydrogens is 190 g/mol. The molecule has 0 rings (SSSR count). The Morgan fingerprint density at radius 3 is 1.93 bits per heavy atom. The summed E-state index contributed by atoms with van der Waals surface area (Å²) in [6.07, 6.45) is 3.34. The lowest BCUT2D eigenvalue weighted by Gasteiger charge is -2.06. The first kappa shape index (κ1) is 16.8. The van der Waals surface area contributed by atoms with Gasteiger partial charge in [-0.05, 0) is 33.1 Å². The summed E-state index contributed by atoms with van der Waals surface area (Å²) < 4.78 is 0. The van der Waals surface area contributed by atoms with Gasteiger partial charge in [-0.25, -0.2) is 0 Å². The van der Waals surface area contributed by atoms with E-state index in [2.05, 4.69) is 13.8 Å². The van der Waals surface area contributed by atoms with Crippen molar-refractivity contribution in [2.75, 3.05) is 0 Å². The van der Waals surface area contributed by atoms with Crippen LogP contribution in [0.1, 0.15) is 60.3 Å². The maximum atomic E-state index is 10.0. The molecule has 0 radical (unpaired) electrons. The van der Waals surface area contributed by atoms with Crippen molar-refractivity contribution in [1.29, 1.82) is 0 Å². The Labute approximate surface area is 94.1 Å². The van der Waals surface area contributed by atoms with E-state index in [0.29, 0.717) is 12.3 Å². The minimum Gasteiger partial charge on any atom is -0.481 e. The number of carbonyl (C=O) groups is 1. The minimum atomic E-state index is -0.677. The van der Waals surface area contributed by atoms with Crippen LogP contribution < -0.4 is 5.73 Å². The monoisotopic (exact) mass is 217 g/mol. The first-order valence-electron chi connectivity index (χ1n) is 5.63. The van der Waals surface area contributed by atoms with E-state index in [1.54, 1.807) is 0 Å². The van der Waals surface area contributed by atoms with Gasteiger partial charge < -0.3 is 10.8 Å². The fourth-order valence-electron chi connectivity index (χ4n) is 0.829. The Hall–Kier alpha value is -0.570. The lowest BCUT2D eigenvalue weighted by Crippen LogP contribution is -2.26. The van der Waals surface area contributed by atoms with Crippen molar-refractivity contribution in [3.05, 3.63) is 0 Å². The standard InChI is InChI=1S/C8H16O2.C4H11N/c1-7(2)5-3-4-6-8(9)10;1-4(2,3)5/h7H,3-6H2,1-2H3,(H,9,10);5H2,1-3H3. The average Bonchev–Trinajstić information content (AvgIpc) is 1.94. The molecule has 0 aliphatic rings. The molecule has 0 amide bonds. The van der Waals surface area contributed by atoms with Gasteiger partial charge in [0.05, 0.1) is 0 Å². The van der Waals surface area contributed by atoms with Crippen LogP contribution in [0.15, 0.2) is 0 Å². The summed E-state index contributed by atoms with van der Waals surface area (Å²) >= 11 is 0. The molecule has 0 fully saturated rings. The molecule has 0 heterocycles. The number of hydrogen-bond acceptors (Lipinski definition) is 2. The molecule has 3 heteroatoms. The van der Waals surface area contributed by atoms with Crippen LogP contribution in [0.25, 0.3) is 0 Å². The minimum absolute atomic E-state index is 0. The molecule has 0 atom stereocenters. The fraction of sp³-hybridized carbons (Fsp3) is 0.917. The van der Waals surface area contributed by atoms with Gasteiger partial charge in [-0.15, -0.1) is 0 Å². The van der Waals surface area contributed by atoms with Gasteiger partial charge in [0.2, 0.25) is 0 Å². The van der Waals surface area contributed by atoms with Gasteiger partial charge in [-0.3, -0.25) is 4.79 Å². The van der Waals surface area contributed by atoms with Crippen molar-refractivity contribution in [2.45, 2.75) is 65.8 Å². The molecule has 0 saturated heterocycles. The van der Waals surface area contributed by atoms with Crippen LogP contribution in [0.5, 0.6) is 0 Å². The highest BCUT2D eigenvalue weighted by Crippen LogP contribution is 2.07. The lowest BCUT2D eigenvalue weighted by molar-refractivity contribution is -0.137. The Balaban J connectivity index is 0. The number of carboxylic acids is 1. The van der Waals surface area contributed by atoms with Crippen molar-refractivity contribution in [2.24, 2.45) is 11.7 Å². The Morgan fingerprint density at radius 1 is 1.27 bits per heavy atom. The van der Waals surface area contributed by atoms with Crippen molar-refractivity contribution in [3.8, 4) is 0 Å². The van der Waals surface area contributed by atoms with E-state index in [0.717, 1.165) is 19.3 Å². The third-order valence-corrected chi connectivity index (χ3v) is 1.42. The maximum Gasteiger partial charge on any atom is 0.303 e. The Morgan fingerprint density at radius 2 is 1.67 bits per heavy atom. The largest absolute Gasteiger partial charge is 0.481 e. The molecule has 0 aliphatic heterocycles. The molecule has 0 saturated carbocycles. The van der Waals surface area contributed by atoms with Crippen LogP contribution in [0.4, 0.5) is 0 Å². The predicted molar refractivity (Wildman–Crippen MR) is 64.9 cm³/mol. The summed E-state index contributed by atoms with van der Waals surface area (Å²) in [6.45, 7) is 10.2. The second kappa shape index (κ2) is 8.72. The number of unbranched alkanes of at least 4 members (excludes halogenated alkanes) is 1. The van der Waals surface area contributed by atoms with Crippen molar-refractivity contribution < 1.29 is 9.90 Å². The van der Waals surface area contributed by atoms with E-state index in [4.69, 9.17) is 10.8 Å². The van der Waals surface area contributed by atoms with Crippen LogP contribution in [0, 0.1) is 5.92 Å². The summed E-state index contributed by atoms with van der Waals surface area (Å²) in [7, 11) is 0. The highest BCUT2D eigenvalue weighted by Gasteiger charge is 1.97. The molecule has 3 nitrogen and oxygen atoms in total. The topological polar surface area (TPSA) is 63.3 Å². The van der Waals surface area contributed by atoms with E-state index in [-0.39, 0.29) is 5.54 Å². The Bertz CT molecular complexity index is 153. The molecule has 92 valence electrons. The summed E-state index contributed by atoms with van der Waals surface area (Å²) in [5.74, 6) is 0.0255. The van der Waals surface area contributed by atoms with Crippen LogP contribution >= 0.6 is 0 Å². The normalized spacial score (nSPS) is 10.9. The van der Waals surface area contributed by atoms with E-state index >= 15 is 0 Å². The number of nitrogens with two attached hydrogens (primary N) is 1. The molecule has 3 N–H and O–H groups in total. The van der Waals surface area contributed by atoms with Crippen LogP contribution in [-0.4, -0.2) is 16.6 Å². The van der Waals surface area contributed by atoms with E-state index in [1.807, 2.05) is 20.8 Å². The van der Waals surface area contributed by atoms with Crippen LogP contribution in [0.2, 0.25) is 0 Å². The second-order valence-corrected chi connectivity index (χ2v) is 5.40. The molecule has 0 spiro atoms. The first-order chi connectivity index (χ1) is 6.63. The molecule has 0 unspecified atom stereocenters. The third-order valence-electron chi connectivity index (χ3n) is 1.42. The molecule has 0 bridgehead atoms. The summed E-state index contributed by atoms with van der Waals surface area (Å²) in [5, 5.41) is 8.28. The highest BCUT2D eigenvalue weighted by atomic mass is 16.4. The Kier molecular flexibility index (Phi) is 9.79. The summed E-state index contributed by atoms with van der Waals surface area (Å²) in [6, 6.07) is 0. The van der Waals surface area contributed by atoms with E-state index < -0.39 is 5.97 Å². The van der Waals surface area contributed by atoms with Crippen molar-refractivity contribution in [3.63, 3.8) is 0 Å². The van der Waals surface area contributed by atoms with Gasteiger partial charge >= 0.3 is 5.97 Å². The second-order valence-electron chi connectivity index (χ2n) is 5.40. The van der Waals surface area contributed by atoms with E-state index in [1.165, 1.54) is 0 Å². The van der Waals surface area contributed by atoms with Crippen LogP contribution in [-0.2, 0) is 4.79 Å². The first-order valence-corrected chi connectivity index (χ1v) is 5.63. The quantitative estimate of drug-likeness (QED) is 0.696. The zero-order chi connectivity index (χ0) is 12.5. The van der Waals surface area contributed by atoms with Gasteiger partial charge in [0.15, 0.2) is 0 Å². The van der Waals surface area contributed by atoms with Gasteiger partial charge in [-0.2, -0.15) is 0 Å². The van der Waals surface area contributed by atoms with Crippen LogP contribution in [0.3, 0.4) is 0 Å². The van der Waals surface area contributed by atoms with Gasteiger partial charge in [0, 0.05) is 12.0 Å². The fourth-order valence-corrected chi connectivity index (χ4v) is 0.829.